The third-order valence-corrected chi connectivity index (χ3v) is 13.1. The van der Waals surface area contributed by atoms with E-state index >= 15 is 0 Å². The maximum atomic E-state index is 5.15. The summed E-state index contributed by atoms with van der Waals surface area (Å²) in [6, 6.07) is 77.7. The number of hydrogen-bond acceptors (Lipinski definition) is 4. The molecule has 0 saturated heterocycles. The summed E-state index contributed by atoms with van der Waals surface area (Å²) in [6.45, 7) is 0. The lowest BCUT2D eigenvalue weighted by Gasteiger charge is -2.17. The van der Waals surface area contributed by atoms with E-state index in [1.807, 2.05) is 47.7 Å². The summed E-state index contributed by atoms with van der Waals surface area (Å²) in [7, 11) is 0. The SMILES string of the molecule is c1ccc(-c2cccc(-c3cc(-c4nc(-c5ccccc5)nc(-c5ccccc5)n4)ccc3-n3c4ccccc4c4ccc(-c5cccc6c5sc5ccccc56)cc43)c2)cc1. The zero-order valence-electron chi connectivity index (χ0n) is 33.5. The molecule has 0 aliphatic heterocycles. The van der Waals surface area contributed by atoms with Gasteiger partial charge in [-0.15, -0.1) is 11.3 Å². The predicted molar refractivity (Wildman–Crippen MR) is 260 cm³/mol. The number of hydrogen-bond donors (Lipinski definition) is 0. The Morgan fingerprint density at radius 1 is 0.306 bits per heavy atom. The lowest BCUT2D eigenvalue weighted by atomic mass is 9.96. The van der Waals surface area contributed by atoms with Gasteiger partial charge in [0.05, 0.1) is 16.7 Å². The first-order valence-electron chi connectivity index (χ1n) is 20.8. The molecule has 0 amide bonds. The van der Waals surface area contributed by atoms with Crippen LogP contribution in [0.25, 0.3) is 115 Å². The Labute approximate surface area is 362 Å². The molecule has 62 heavy (non-hydrogen) atoms. The first-order valence-corrected chi connectivity index (χ1v) is 21.7. The largest absolute Gasteiger partial charge is 0.309 e. The van der Waals surface area contributed by atoms with Gasteiger partial charge in [0.15, 0.2) is 17.5 Å². The smallest absolute Gasteiger partial charge is 0.164 e. The van der Waals surface area contributed by atoms with Crippen LogP contribution in [0.1, 0.15) is 0 Å². The monoisotopic (exact) mass is 808 g/mol. The Bertz CT molecular complexity index is 3570. The van der Waals surface area contributed by atoms with Crippen molar-refractivity contribution in [1.29, 1.82) is 0 Å². The highest BCUT2D eigenvalue weighted by Crippen LogP contribution is 2.43. The minimum absolute atomic E-state index is 0.616. The van der Waals surface area contributed by atoms with Crippen LogP contribution in [0.5, 0.6) is 0 Å². The van der Waals surface area contributed by atoms with Crippen LogP contribution in [0.2, 0.25) is 0 Å². The van der Waals surface area contributed by atoms with Crippen LogP contribution in [0, 0.1) is 0 Å². The van der Waals surface area contributed by atoms with Crippen molar-refractivity contribution in [2.75, 3.05) is 0 Å². The van der Waals surface area contributed by atoms with Gasteiger partial charge in [0, 0.05) is 53.2 Å². The first kappa shape index (κ1) is 35.9. The highest BCUT2D eigenvalue weighted by molar-refractivity contribution is 7.26. The van der Waals surface area contributed by atoms with Gasteiger partial charge in [0.1, 0.15) is 0 Å². The zero-order chi connectivity index (χ0) is 41.0. The van der Waals surface area contributed by atoms with Crippen molar-refractivity contribution in [2.24, 2.45) is 0 Å². The molecular formula is C57H36N4S. The van der Waals surface area contributed by atoms with E-state index < -0.39 is 0 Å². The van der Waals surface area contributed by atoms with Crippen LogP contribution in [-0.4, -0.2) is 19.5 Å². The van der Waals surface area contributed by atoms with Gasteiger partial charge in [-0.3, -0.25) is 0 Å². The summed E-state index contributed by atoms with van der Waals surface area (Å²) >= 11 is 1.87. The number of nitrogens with zero attached hydrogens (tertiary/aromatic N) is 4. The van der Waals surface area contributed by atoms with E-state index in [9.17, 15) is 0 Å². The Balaban J connectivity index is 1.11. The molecule has 0 atom stereocenters. The van der Waals surface area contributed by atoms with E-state index in [0.717, 1.165) is 50.1 Å². The molecular weight excluding hydrogens is 773 g/mol. The highest BCUT2D eigenvalue weighted by atomic mass is 32.1. The van der Waals surface area contributed by atoms with Gasteiger partial charge in [0.2, 0.25) is 0 Å². The minimum atomic E-state index is 0.616. The molecule has 3 aromatic heterocycles. The Kier molecular flexibility index (Phi) is 8.65. The number of para-hydroxylation sites is 1. The van der Waals surface area contributed by atoms with Gasteiger partial charge in [0.25, 0.3) is 0 Å². The van der Waals surface area contributed by atoms with Crippen molar-refractivity contribution < 1.29 is 0 Å². The molecule has 0 aliphatic rings. The van der Waals surface area contributed by atoms with Crippen LogP contribution < -0.4 is 0 Å². The molecule has 0 aliphatic carbocycles. The molecule has 5 heteroatoms. The summed E-state index contributed by atoms with van der Waals surface area (Å²) in [5.41, 5.74) is 13.1. The molecule has 3 heterocycles. The van der Waals surface area contributed by atoms with E-state index in [2.05, 4.69) is 187 Å². The molecule has 0 N–H and O–H groups in total. The van der Waals surface area contributed by atoms with E-state index in [4.69, 9.17) is 15.0 Å². The normalized spacial score (nSPS) is 11.5. The van der Waals surface area contributed by atoms with Gasteiger partial charge in [-0.2, -0.15) is 0 Å². The van der Waals surface area contributed by atoms with Crippen LogP contribution in [0.4, 0.5) is 0 Å². The molecule has 0 unspecified atom stereocenters. The topological polar surface area (TPSA) is 43.6 Å². The molecule has 12 aromatic rings. The van der Waals surface area contributed by atoms with Crippen molar-refractivity contribution in [3.8, 4) is 73.2 Å². The molecule has 0 spiro atoms. The Morgan fingerprint density at radius 3 is 1.58 bits per heavy atom. The molecule has 0 saturated carbocycles. The number of aromatic nitrogens is 4. The van der Waals surface area contributed by atoms with E-state index in [1.165, 1.54) is 47.6 Å². The fourth-order valence-electron chi connectivity index (χ4n) is 8.91. The fourth-order valence-corrected chi connectivity index (χ4v) is 10.1. The summed E-state index contributed by atoms with van der Waals surface area (Å²) in [5.74, 6) is 1.88. The van der Waals surface area contributed by atoms with Gasteiger partial charge < -0.3 is 4.57 Å². The van der Waals surface area contributed by atoms with E-state index in [0.29, 0.717) is 17.5 Å². The third kappa shape index (κ3) is 6.18. The second-order valence-corrected chi connectivity index (χ2v) is 16.6. The molecule has 0 bridgehead atoms. The first-order chi connectivity index (χ1) is 30.7. The lowest BCUT2D eigenvalue weighted by molar-refractivity contribution is 1.07. The Hall–Kier alpha value is -7.99. The van der Waals surface area contributed by atoms with Gasteiger partial charge in [-0.05, 0) is 70.3 Å². The maximum absolute atomic E-state index is 5.15. The standard InChI is InChI=1S/C57H36N4S/c1-4-16-37(17-5-1)40-22-14-23-41(34-40)49-35-43(57-59-55(38-18-6-2-7-19-38)58-56(60-57)39-20-8-3-9-21-39)31-33-51(49)61-50-28-12-10-24-45(50)46-32-30-42(36-52(46)61)44-26-15-27-48-47-25-11-13-29-53(47)62-54(44)48/h1-36H. The highest BCUT2D eigenvalue weighted by Gasteiger charge is 2.20. The molecule has 12 rings (SSSR count). The van der Waals surface area contributed by atoms with Crippen molar-refractivity contribution >= 4 is 53.3 Å². The van der Waals surface area contributed by atoms with E-state index in [1.54, 1.807) is 0 Å². The molecule has 4 nitrogen and oxygen atoms in total. The van der Waals surface area contributed by atoms with Crippen LogP contribution >= 0.6 is 11.3 Å². The van der Waals surface area contributed by atoms with Crippen LogP contribution in [-0.2, 0) is 0 Å². The zero-order valence-corrected chi connectivity index (χ0v) is 34.3. The molecule has 9 aromatic carbocycles. The van der Waals surface area contributed by atoms with Crippen LogP contribution in [0.3, 0.4) is 0 Å². The second-order valence-electron chi connectivity index (χ2n) is 15.6. The summed E-state index contributed by atoms with van der Waals surface area (Å²) in [5, 5.41) is 5.01. The molecule has 290 valence electrons. The second kappa shape index (κ2) is 14.9. The van der Waals surface area contributed by atoms with E-state index in [-0.39, 0.29) is 0 Å². The third-order valence-electron chi connectivity index (χ3n) is 11.9. The number of rotatable bonds is 7. The lowest BCUT2D eigenvalue weighted by Crippen LogP contribution is -2.02. The summed E-state index contributed by atoms with van der Waals surface area (Å²) in [6.07, 6.45) is 0. The van der Waals surface area contributed by atoms with Gasteiger partial charge >= 0.3 is 0 Å². The van der Waals surface area contributed by atoms with Crippen molar-refractivity contribution in [3.05, 3.63) is 218 Å². The quantitative estimate of drug-likeness (QED) is 0.161. The number of thiophene rings is 1. The van der Waals surface area contributed by atoms with Crippen molar-refractivity contribution in [1.82, 2.24) is 19.5 Å². The Morgan fingerprint density at radius 2 is 0.839 bits per heavy atom. The van der Waals surface area contributed by atoms with Crippen molar-refractivity contribution in [2.45, 2.75) is 0 Å². The predicted octanol–water partition coefficient (Wildman–Crippen LogP) is 15.3. The summed E-state index contributed by atoms with van der Waals surface area (Å²) in [4.78, 5) is 15.3. The average molecular weight is 809 g/mol. The fraction of sp³-hybridized carbons (Fsp3) is 0. The van der Waals surface area contributed by atoms with Gasteiger partial charge in [-0.25, -0.2) is 15.0 Å². The van der Waals surface area contributed by atoms with Crippen LogP contribution in [0.15, 0.2) is 218 Å². The summed E-state index contributed by atoms with van der Waals surface area (Å²) < 4.78 is 5.06. The average Bonchev–Trinajstić information content (AvgIpc) is 3.90. The van der Waals surface area contributed by atoms with Crippen molar-refractivity contribution in [3.63, 3.8) is 0 Å². The molecule has 0 radical (unpaired) electrons. The molecule has 0 fully saturated rings. The maximum Gasteiger partial charge on any atom is 0.164 e. The minimum Gasteiger partial charge on any atom is -0.309 e. The number of benzene rings is 9. The van der Waals surface area contributed by atoms with Gasteiger partial charge in [-0.1, -0.05) is 176 Å². The number of fused-ring (bicyclic) bond motifs is 6.